The molecule has 0 aromatic heterocycles. The molecule has 0 bridgehead atoms. The second-order valence-electron chi connectivity index (χ2n) is 6.78. The van der Waals surface area contributed by atoms with Crippen molar-refractivity contribution in [1.29, 1.82) is 0 Å². The number of halogens is 1. The van der Waals surface area contributed by atoms with E-state index in [2.05, 4.69) is 0 Å². The lowest BCUT2D eigenvalue weighted by Gasteiger charge is -2.29. The van der Waals surface area contributed by atoms with Crippen LogP contribution >= 0.6 is 11.6 Å². The summed E-state index contributed by atoms with van der Waals surface area (Å²) in [7, 11) is 0. The number of cyclic esters (lactones) is 1. The van der Waals surface area contributed by atoms with Gasteiger partial charge in [-0.15, -0.1) is 0 Å². The van der Waals surface area contributed by atoms with Gasteiger partial charge in [-0.1, -0.05) is 74.8 Å². The maximum atomic E-state index is 12.9. The van der Waals surface area contributed by atoms with Gasteiger partial charge in [-0.3, -0.25) is 0 Å². The Labute approximate surface area is 141 Å². The Bertz CT molecular complexity index is 721. The second-order valence-corrected chi connectivity index (χ2v) is 7.22. The summed E-state index contributed by atoms with van der Waals surface area (Å²) in [6.07, 6.45) is -0.630. The first-order chi connectivity index (χ1) is 10.8. The number of hydrogen-bond donors (Lipinski definition) is 0. The van der Waals surface area contributed by atoms with Gasteiger partial charge in [0.2, 0.25) is 11.9 Å². The maximum Gasteiger partial charge on any atom is 0.350 e. The average molecular weight is 331 g/mol. The molecule has 120 valence electrons. The number of benzene rings is 2. The molecule has 23 heavy (non-hydrogen) atoms. The fourth-order valence-corrected chi connectivity index (χ4v) is 2.88. The Morgan fingerprint density at radius 2 is 1.65 bits per heavy atom. The summed E-state index contributed by atoms with van der Waals surface area (Å²) >= 11 is 6.14. The van der Waals surface area contributed by atoms with Gasteiger partial charge in [0.25, 0.3) is 0 Å². The summed E-state index contributed by atoms with van der Waals surface area (Å²) in [6.45, 7) is 5.93. The lowest BCUT2D eigenvalue weighted by atomic mass is 9.86. The van der Waals surface area contributed by atoms with Gasteiger partial charge in [-0.25, -0.2) is 4.79 Å². The molecule has 2 aromatic carbocycles. The van der Waals surface area contributed by atoms with Gasteiger partial charge in [0.05, 0.1) is 0 Å². The van der Waals surface area contributed by atoms with Crippen LogP contribution in [-0.2, 0) is 19.9 Å². The summed E-state index contributed by atoms with van der Waals surface area (Å²) in [6, 6.07) is 16.6. The molecular weight excluding hydrogens is 312 g/mol. The van der Waals surface area contributed by atoms with Crippen molar-refractivity contribution in [3.05, 3.63) is 70.7 Å². The van der Waals surface area contributed by atoms with E-state index in [0.29, 0.717) is 10.6 Å². The van der Waals surface area contributed by atoms with Crippen LogP contribution < -0.4 is 0 Å². The molecule has 1 aliphatic rings. The quantitative estimate of drug-likeness (QED) is 0.759. The Morgan fingerprint density at radius 3 is 2.22 bits per heavy atom. The molecule has 2 atom stereocenters. The third kappa shape index (κ3) is 2.75. The van der Waals surface area contributed by atoms with Crippen molar-refractivity contribution < 1.29 is 14.3 Å². The van der Waals surface area contributed by atoms with E-state index in [4.69, 9.17) is 21.1 Å². The molecule has 1 aliphatic heterocycles. The van der Waals surface area contributed by atoms with Crippen LogP contribution in [0.5, 0.6) is 0 Å². The van der Waals surface area contributed by atoms with Crippen LogP contribution in [0.15, 0.2) is 54.6 Å². The van der Waals surface area contributed by atoms with Crippen LogP contribution in [-0.4, -0.2) is 12.3 Å². The molecule has 0 saturated carbocycles. The van der Waals surface area contributed by atoms with E-state index >= 15 is 0 Å². The largest absolute Gasteiger partial charge is 0.432 e. The first kappa shape index (κ1) is 16.0. The van der Waals surface area contributed by atoms with E-state index in [1.54, 1.807) is 12.1 Å². The standard InChI is InChI=1S/C19H19ClO3/c1-18(2,3)17-22-16(21)19(23-17,13-8-5-4-6-9-13)14-10-7-11-15(20)12-14/h4-12,17H,1-3H3/t17-,19-/m1/s1. The molecule has 0 radical (unpaired) electrons. The van der Waals surface area contributed by atoms with Crippen molar-refractivity contribution in [1.82, 2.24) is 0 Å². The average Bonchev–Trinajstić information content (AvgIpc) is 2.87. The van der Waals surface area contributed by atoms with Crippen molar-refractivity contribution >= 4 is 17.6 Å². The third-order valence-corrected chi connectivity index (χ3v) is 4.14. The van der Waals surface area contributed by atoms with Crippen LogP contribution in [0, 0.1) is 5.41 Å². The summed E-state index contributed by atoms with van der Waals surface area (Å²) < 4.78 is 11.8. The van der Waals surface area contributed by atoms with Crippen molar-refractivity contribution in [2.24, 2.45) is 5.41 Å². The van der Waals surface area contributed by atoms with Crippen LogP contribution in [0.25, 0.3) is 0 Å². The normalized spacial score (nSPS) is 24.5. The van der Waals surface area contributed by atoms with Gasteiger partial charge in [-0.2, -0.15) is 0 Å². The predicted molar refractivity (Wildman–Crippen MR) is 89.1 cm³/mol. The van der Waals surface area contributed by atoms with Crippen LogP contribution in [0.2, 0.25) is 5.02 Å². The van der Waals surface area contributed by atoms with Crippen molar-refractivity contribution in [3.63, 3.8) is 0 Å². The zero-order chi connectivity index (χ0) is 16.7. The highest BCUT2D eigenvalue weighted by Crippen LogP contribution is 2.45. The fraction of sp³-hybridized carbons (Fsp3) is 0.316. The van der Waals surface area contributed by atoms with E-state index in [-0.39, 0.29) is 5.41 Å². The van der Waals surface area contributed by atoms with Gasteiger partial charge in [0, 0.05) is 16.0 Å². The zero-order valence-electron chi connectivity index (χ0n) is 13.4. The maximum absolute atomic E-state index is 12.9. The first-order valence-corrected chi connectivity index (χ1v) is 7.92. The number of hydrogen-bond acceptors (Lipinski definition) is 3. The molecule has 3 rings (SSSR count). The van der Waals surface area contributed by atoms with Crippen LogP contribution in [0.4, 0.5) is 0 Å². The highest BCUT2D eigenvalue weighted by atomic mass is 35.5. The number of ether oxygens (including phenoxy) is 2. The van der Waals surface area contributed by atoms with Gasteiger partial charge < -0.3 is 9.47 Å². The number of carbonyl (C=O) groups is 1. The van der Waals surface area contributed by atoms with Gasteiger partial charge in [0.1, 0.15) is 0 Å². The summed E-state index contributed by atoms with van der Waals surface area (Å²) in [5.41, 5.74) is -0.207. The Kier molecular flexibility index (Phi) is 3.95. The molecule has 0 amide bonds. The molecule has 1 heterocycles. The molecule has 0 unspecified atom stereocenters. The van der Waals surface area contributed by atoms with Crippen molar-refractivity contribution in [3.8, 4) is 0 Å². The molecule has 2 aromatic rings. The van der Waals surface area contributed by atoms with Crippen LogP contribution in [0.1, 0.15) is 31.9 Å². The van der Waals surface area contributed by atoms with Crippen LogP contribution in [0.3, 0.4) is 0 Å². The molecular formula is C19H19ClO3. The first-order valence-electron chi connectivity index (χ1n) is 7.54. The Morgan fingerprint density at radius 1 is 1.00 bits per heavy atom. The van der Waals surface area contributed by atoms with Crippen molar-refractivity contribution in [2.45, 2.75) is 32.7 Å². The molecule has 1 fully saturated rings. The SMILES string of the molecule is CC(C)(C)[C@@H]1OC(=O)[C@@](c2ccccc2)(c2cccc(Cl)c2)O1. The summed E-state index contributed by atoms with van der Waals surface area (Å²) in [5, 5.41) is 0.549. The van der Waals surface area contributed by atoms with E-state index in [1.165, 1.54) is 0 Å². The minimum Gasteiger partial charge on any atom is -0.432 e. The minimum atomic E-state index is -1.29. The predicted octanol–water partition coefficient (Wildman–Crippen LogP) is 4.53. The second kappa shape index (κ2) is 5.66. The van der Waals surface area contributed by atoms with E-state index in [1.807, 2.05) is 63.2 Å². The van der Waals surface area contributed by atoms with E-state index in [0.717, 1.165) is 5.56 Å². The van der Waals surface area contributed by atoms with E-state index in [9.17, 15) is 4.79 Å². The molecule has 0 spiro atoms. The van der Waals surface area contributed by atoms with Gasteiger partial charge in [0.15, 0.2) is 0 Å². The molecule has 3 nitrogen and oxygen atoms in total. The topological polar surface area (TPSA) is 35.5 Å². The highest BCUT2D eigenvalue weighted by Gasteiger charge is 2.55. The minimum absolute atomic E-state index is 0.329. The monoisotopic (exact) mass is 330 g/mol. The number of esters is 1. The molecule has 0 N–H and O–H groups in total. The smallest absolute Gasteiger partial charge is 0.350 e. The molecule has 1 saturated heterocycles. The summed E-state index contributed by atoms with van der Waals surface area (Å²) in [4.78, 5) is 12.9. The lowest BCUT2D eigenvalue weighted by molar-refractivity contribution is -0.155. The lowest BCUT2D eigenvalue weighted by Crippen LogP contribution is -2.36. The number of rotatable bonds is 2. The van der Waals surface area contributed by atoms with E-state index < -0.39 is 17.9 Å². The van der Waals surface area contributed by atoms with Gasteiger partial charge in [-0.05, 0) is 17.7 Å². The van der Waals surface area contributed by atoms with Gasteiger partial charge >= 0.3 is 5.97 Å². The fourth-order valence-electron chi connectivity index (χ4n) is 2.69. The number of carbonyl (C=O) groups excluding carboxylic acids is 1. The summed E-state index contributed by atoms with van der Waals surface area (Å²) in [5.74, 6) is -0.411. The third-order valence-electron chi connectivity index (χ3n) is 3.90. The molecule has 4 heteroatoms. The Balaban J connectivity index is 2.18. The molecule has 0 aliphatic carbocycles. The highest BCUT2D eigenvalue weighted by molar-refractivity contribution is 6.30. The Hall–Kier alpha value is -1.84. The zero-order valence-corrected chi connectivity index (χ0v) is 14.1. The van der Waals surface area contributed by atoms with Crippen molar-refractivity contribution in [2.75, 3.05) is 0 Å².